The fraction of sp³-hybridized carbons (Fsp3) is 0.667. The van der Waals surface area contributed by atoms with Crippen LogP contribution in [0.25, 0.3) is 0 Å². The van der Waals surface area contributed by atoms with Crippen molar-refractivity contribution in [2.75, 3.05) is 11.9 Å². The topological polar surface area (TPSA) is 49.7 Å². The molecule has 0 saturated heterocycles. The Hall–Kier alpha value is -1.62. The summed E-state index contributed by atoms with van der Waals surface area (Å²) in [7, 11) is 2.11. The second kappa shape index (κ2) is 6.94. The van der Waals surface area contributed by atoms with Gasteiger partial charge in [-0.3, -0.25) is 14.6 Å². The van der Waals surface area contributed by atoms with Crippen molar-refractivity contribution < 1.29 is 9.59 Å². The summed E-state index contributed by atoms with van der Waals surface area (Å²) in [5, 5.41) is 1.39. The lowest BCUT2D eigenvalue weighted by molar-refractivity contribution is -0.146. The molecule has 4 saturated carbocycles. The Labute approximate surface area is 195 Å². The number of thioether (sulfide) groups is 1. The maximum Gasteiger partial charge on any atom is 0.164 e. The van der Waals surface area contributed by atoms with Gasteiger partial charge in [0.25, 0.3) is 0 Å². The monoisotopic (exact) mass is 450 g/mol. The first kappa shape index (κ1) is 20.9. The maximum atomic E-state index is 12.9. The molecule has 1 spiro atoms. The molecule has 0 amide bonds. The number of fused-ring (bicyclic) bond motifs is 4. The van der Waals surface area contributed by atoms with Crippen molar-refractivity contribution in [2.45, 2.75) is 76.0 Å². The number of nitrogens with zero attached hydrogens (tertiary/aromatic N) is 2. The summed E-state index contributed by atoms with van der Waals surface area (Å²) in [4.78, 5) is 33.4. The molecule has 1 heterocycles. The fourth-order valence-corrected chi connectivity index (χ4v) is 10.1. The lowest BCUT2D eigenvalue weighted by atomic mass is 9.42. The van der Waals surface area contributed by atoms with Crippen LogP contribution in [0.5, 0.6) is 0 Å². The molecule has 4 fully saturated rings. The molecule has 170 valence electrons. The summed E-state index contributed by atoms with van der Waals surface area (Å²) in [5.74, 6) is 2.55. The summed E-state index contributed by atoms with van der Waals surface area (Å²) in [6.45, 7) is 4.71. The Morgan fingerprint density at radius 3 is 2.59 bits per heavy atom. The molecule has 1 aliphatic heterocycles. The van der Waals surface area contributed by atoms with E-state index in [0.29, 0.717) is 47.4 Å². The van der Waals surface area contributed by atoms with Gasteiger partial charge in [-0.05, 0) is 67.4 Å². The Morgan fingerprint density at radius 1 is 1.03 bits per heavy atom. The Morgan fingerprint density at radius 2 is 1.81 bits per heavy atom. The largest absolute Gasteiger partial charge is 0.324 e. The molecule has 7 atom stereocenters. The minimum absolute atomic E-state index is 0.0355. The van der Waals surface area contributed by atoms with Gasteiger partial charge in [0.2, 0.25) is 0 Å². The number of ketones is 2. The lowest BCUT2D eigenvalue weighted by Crippen LogP contribution is -2.65. The maximum absolute atomic E-state index is 12.9. The van der Waals surface area contributed by atoms with Gasteiger partial charge >= 0.3 is 0 Å². The number of rotatable bonds is 1. The molecule has 0 aromatic heterocycles. The van der Waals surface area contributed by atoms with Crippen LogP contribution in [0.4, 0.5) is 5.69 Å². The number of anilines is 1. The zero-order chi connectivity index (χ0) is 22.3. The van der Waals surface area contributed by atoms with E-state index in [1.165, 1.54) is 0 Å². The summed E-state index contributed by atoms with van der Waals surface area (Å²) in [6.07, 6.45) is 7.31. The van der Waals surface area contributed by atoms with Crippen LogP contribution in [0.3, 0.4) is 0 Å². The third-order valence-corrected chi connectivity index (χ3v) is 11.8. The van der Waals surface area contributed by atoms with Gasteiger partial charge in [-0.2, -0.15) is 0 Å². The van der Waals surface area contributed by atoms with E-state index in [1.54, 1.807) is 0 Å². The van der Waals surface area contributed by atoms with Gasteiger partial charge < -0.3 is 4.90 Å². The van der Waals surface area contributed by atoms with E-state index in [9.17, 15) is 9.59 Å². The van der Waals surface area contributed by atoms with Crippen LogP contribution < -0.4 is 4.90 Å². The zero-order valence-corrected chi connectivity index (χ0v) is 20.3. The van der Waals surface area contributed by atoms with Gasteiger partial charge in [-0.15, -0.1) is 0 Å². The zero-order valence-electron chi connectivity index (χ0n) is 19.5. The van der Waals surface area contributed by atoms with E-state index in [2.05, 4.69) is 50.1 Å². The van der Waals surface area contributed by atoms with Gasteiger partial charge in [0, 0.05) is 42.7 Å². The predicted molar refractivity (Wildman–Crippen MR) is 130 cm³/mol. The molecule has 4 aliphatic carbocycles. The van der Waals surface area contributed by atoms with Crippen LogP contribution in [0.2, 0.25) is 0 Å². The smallest absolute Gasteiger partial charge is 0.164 e. The molecule has 0 radical (unpaired) electrons. The SMILES string of the molecule is CN(C1=N[C@]23CC(=O)CC[C@]2(C)[C@H]2CC[C@]4(C)C(=O)CC[C@H]4[C@@H]2C[C@@H]3S1)c1ccccc1. The molecule has 0 unspecified atom stereocenters. The average Bonchev–Trinajstić information content (AvgIpc) is 3.30. The van der Waals surface area contributed by atoms with Crippen LogP contribution >= 0.6 is 11.8 Å². The molecule has 1 aromatic rings. The van der Waals surface area contributed by atoms with Crippen molar-refractivity contribution in [3.8, 4) is 0 Å². The highest BCUT2D eigenvalue weighted by Crippen LogP contribution is 2.70. The average molecular weight is 451 g/mol. The van der Waals surface area contributed by atoms with Crippen LogP contribution in [0.1, 0.15) is 65.2 Å². The number of carbonyl (C=O) groups is 2. The van der Waals surface area contributed by atoms with Crippen LogP contribution in [0, 0.1) is 28.6 Å². The Balaban J connectivity index is 1.42. The van der Waals surface area contributed by atoms with Gasteiger partial charge in [0.15, 0.2) is 5.17 Å². The van der Waals surface area contributed by atoms with Crippen LogP contribution in [-0.2, 0) is 9.59 Å². The first-order valence-corrected chi connectivity index (χ1v) is 13.3. The van der Waals surface area contributed by atoms with Gasteiger partial charge in [0.05, 0.1) is 5.54 Å². The summed E-state index contributed by atoms with van der Waals surface area (Å²) < 4.78 is 0. The first-order valence-electron chi connectivity index (χ1n) is 12.4. The van der Waals surface area contributed by atoms with E-state index in [1.807, 2.05) is 17.8 Å². The van der Waals surface area contributed by atoms with Gasteiger partial charge in [-0.25, -0.2) is 0 Å². The predicted octanol–water partition coefficient (Wildman–Crippen LogP) is 5.51. The second-order valence-corrected chi connectivity index (χ2v) is 12.7. The highest BCUT2D eigenvalue weighted by Gasteiger charge is 2.70. The number of amidine groups is 1. The minimum atomic E-state index is -0.289. The number of aliphatic imine (C=N–C) groups is 1. The molecule has 1 aromatic carbocycles. The lowest BCUT2D eigenvalue weighted by Gasteiger charge is -2.63. The molecule has 5 aliphatic rings. The standard InChI is InChI=1S/C27H34N2O2S/c1-25-13-12-21-19(20(25)9-10-22(25)31)15-23-27(16-18(30)11-14-26(21,27)2)28-24(32-23)29(3)17-7-5-4-6-8-17/h4-8,19-21,23H,9-16H2,1-3H3/t19-,20-,21-,23-,25-,26+,27-/m0/s1. The quantitative estimate of drug-likeness (QED) is 0.566. The number of hydrogen-bond acceptors (Lipinski definition) is 5. The third-order valence-electron chi connectivity index (χ3n) is 10.3. The molecule has 32 heavy (non-hydrogen) atoms. The molecule has 0 bridgehead atoms. The number of hydrogen-bond donors (Lipinski definition) is 0. The van der Waals surface area contributed by atoms with Crippen LogP contribution in [0.15, 0.2) is 35.3 Å². The van der Waals surface area contributed by atoms with Crippen LogP contribution in [-0.4, -0.2) is 34.6 Å². The van der Waals surface area contributed by atoms with E-state index >= 15 is 0 Å². The molecular formula is C27H34N2O2S. The molecule has 6 rings (SSSR count). The number of para-hydroxylation sites is 1. The van der Waals surface area contributed by atoms with Gasteiger partial charge in [0.1, 0.15) is 11.6 Å². The van der Waals surface area contributed by atoms with Crippen molar-refractivity contribution in [3.63, 3.8) is 0 Å². The first-order chi connectivity index (χ1) is 15.3. The van der Waals surface area contributed by atoms with Crippen molar-refractivity contribution in [1.29, 1.82) is 0 Å². The van der Waals surface area contributed by atoms with E-state index in [0.717, 1.165) is 49.4 Å². The van der Waals surface area contributed by atoms with Gasteiger partial charge in [-0.1, -0.05) is 43.8 Å². The van der Waals surface area contributed by atoms with E-state index < -0.39 is 0 Å². The summed E-state index contributed by atoms with van der Waals surface area (Å²) in [5.41, 5.74) is 0.774. The Kier molecular flexibility index (Phi) is 4.55. The molecular weight excluding hydrogens is 416 g/mol. The second-order valence-electron chi connectivity index (χ2n) is 11.5. The molecule has 5 heteroatoms. The summed E-state index contributed by atoms with van der Waals surface area (Å²) in [6, 6.07) is 10.4. The Bertz CT molecular complexity index is 1010. The summed E-state index contributed by atoms with van der Waals surface area (Å²) >= 11 is 1.90. The highest BCUT2D eigenvalue weighted by molar-refractivity contribution is 8.15. The highest BCUT2D eigenvalue weighted by atomic mass is 32.2. The van der Waals surface area contributed by atoms with Crippen molar-refractivity contribution >= 4 is 34.2 Å². The van der Waals surface area contributed by atoms with Crippen molar-refractivity contribution in [3.05, 3.63) is 30.3 Å². The van der Waals surface area contributed by atoms with E-state index in [4.69, 9.17) is 4.99 Å². The fourth-order valence-electron chi connectivity index (χ4n) is 8.44. The number of benzene rings is 1. The molecule has 4 nitrogen and oxygen atoms in total. The molecule has 0 N–H and O–H groups in total. The number of Topliss-reactive ketones (excluding diaryl/α,β-unsaturated/α-hetero) is 2. The normalized spacial score (nSPS) is 44.9. The third kappa shape index (κ3) is 2.60. The minimum Gasteiger partial charge on any atom is -0.324 e. The van der Waals surface area contributed by atoms with Crippen molar-refractivity contribution in [2.24, 2.45) is 33.6 Å². The van der Waals surface area contributed by atoms with Crippen molar-refractivity contribution in [1.82, 2.24) is 0 Å². The number of carbonyl (C=O) groups excluding carboxylic acids is 2. The van der Waals surface area contributed by atoms with E-state index in [-0.39, 0.29) is 16.4 Å².